The number of methoxy groups -OCH3 is 1. The quantitative estimate of drug-likeness (QED) is 0.380. The van der Waals surface area contributed by atoms with Gasteiger partial charge in [-0.15, -0.1) is 0 Å². The first-order valence-electron chi connectivity index (χ1n) is 9.03. The highest BCUT2D eigenvalue weighted by Crippen LogP contribution is 2.25. The Labute approximate surface area is 167 Å². The highest BCUT2D eigenvalue weighted by atomic mass is 16.6. The Morgan fingerprint density at radius 1 is 1.17 bits per heavy atom. The Hall–Kier alpha value is -2.85. The third kappa shape index (κ3) is 4.77. The van der Waals surface area contributed by atoms with Crippen LogP contribution in [0, 0.1) is 0 Å². The van der Waals surface area contributed by atoms with E-state index in [4.69, 9.17) is 4.74 Å². The fraction of sp³-hybridized carbons (Fsp3) is 0.350. The predicted molar refractivity (Wildman–Crippen MR) is 99.8 cm³/mol. The molecule has 0 unspecified atom stereocenters. The lowest BCUT2D eigenvalue weighted by molar-refractivity contribution is -0.765. The van der Waals surface area contributed by atoms with Gasteiger partial charge < -0.3 is 30.1 Å². The summed E-state index contributed by atoms with van der Waals surface area (Å²) in [4.78, 5) is 23.9. The Kier molecular flexibility index (Phi) is 6.55. The predicted octanol–water partition coefficient (Wildman–Crippen LogP) is -0.447. The van der Waals surface area contributed by atoms with Crippen LogP contribution in [0.4, 0.5) is 5.69 Å². The number of hydrogen-bond acceptors (Lipinski definition) is 7. The van der Waals surface area contributed by atoms with E-state index in [-0.39, 0.29) is 18.3 Å². The van der Waals surface area contributed by atoms with Gasteiger partial charge in [-0.05, 0) is 23.8 Å². The van der Waals surface area contributed by atoms with E-state index in [1.165, 1.54) is 17.9 Å². The molecular formula is C20H23N2O7+. The third-order valence-corrected chi connectivity index (χ3v) is 4.68. The van der Waals surface area contributed by atoms with Crippen molar-refractivity contribution < 1.29 is 38.9 Å². The van der Waals surface area contributed by atoms with Gasteiger partial charge in [0.05, 0.1) is 20.1 Å². The minimum atomic E-state index is -1.24. The molecule has 0 bridgehead atoms. The van der Waals surface area contributed by atoms with E-state index in [9.17, 15) is 24.9 Å². The van der Waals surface area contributed by atoms with Gasteiger partial charge in [0, 0.05) is 11.8 Å². The van der Waals surface area contributed by atoms with Gasteiger partial charge in [-0.2, -0.15) is 4.57 Å². The summed E-state index contributed by atoms with van der Waals surface area (Å²) in [6.45, 7) is -0.429. The second-order valence-corrected chi connectivity index (χ2v) is 6.67. The molecule has 0 spiro atoms. The number of nitrogens with one attached hydrogen (secondary N) is 1. The number of anilines is 1. The van der Waals surface area contributed by atoms with Gasteiger partial charge in [0.15, 0.2) is 18.5 Å². The van der Waals surface area contributed by atoms with Gasteiger partial charge in [0.1, 0.15) is 17.8 Å². The molecule has 1 aromatic heterocycles. The number of hydrogen-bond donors (Lipinski definition) is 4. The highest BCUT2D eigenvalue weighted by Gasteiger charge is 2.48. The maximum atomic E-state index is 12.6. The van der Waals surface area contributed by atoms with Gasteiger partial charge in [-0.25, -0.2) is 0 Å². The summed E-state index contributed by atoms with van der Waals surface area (Å²) in [6.07, 6.45) is -1.05. The Balaban J connectivity index is 1.69. The molecule has 1 amide bonds. The van der Waals surface area contributed by atoms with Gasteiger partial charge in [-0.1, -0.05) is 12.1 Å². The van der Waals surface area contributed by atoms with Crippen molar-refractivity contribution in [2.45, 2.75) is 31.0 Å². The van der Waals surface area contributed by atoms with Crippen molar-refractivity contribution in [1.29, 1.82) is 0 Å². The normalized spacial score (nSPS) is 23.6. The summed E-state index contributed by atoms with van der Waals surface area (Å²) in [7, 11) is 1.32. The van der Waals surface area contributed by atoms with Gasteiger partial charge in [0.25, 0.3) is 12.1 Å². The number of aliphatic hydroxyl groups is 3. The molecule has 1 fully saturated rings. The van der Waals surface area contributed by atoms with Gasteiger partial charge >= 0.3 is 5.97 Å². The first-order chi connectivity index (χ1) is 13.9. The number of nitrogens with zero attached hydrogens (tertiary/aromatic N) is 1. The Morgan fingerprint density at radius 2 is 1.90 bits per heavy atom. The molecule has 0 saturated carbocycles. The van der Waals surface area contributed by atoms with Crippen molar-refractivity contribution in [1.82, 2.24) is 0 Å². The Morgan fingerprint density at radius 3 is 2.52 bits per heavy atom. The molecule has 2 aromatic rings. The van der Waals surface area contributed by atoms with Crippen molar-refractivity contribution >= 4 is 17.6 Å². The lowest BCUT2D eigenvalue weighted by Gasteiger charge is -2.11. The summed E-state index contributed by atoms with van der Waals surface area (Å²) >= 11 is 0. The van der Waals surface area contributed by atoms with Crippen LogP contribution in [-0.2, 0) is 20.7 Å². The van der Waals surface area contributed by atoms with Crippen LogP contribution in [0.25, 0.3) is 0 Å². The maximum absolute atomic E-state index is 12.6. The number of benzene rings is 1. The number of amides is 1. The maximum Gasteiger partial charge on any atom is 0.309 e. The molecule has 1 aliphatic heterocycles. The van der Waals surface area contributed by atoms with Crippen molar-refractivity contribution in [2.75, 3.05) is 19.0 Å². The number of rotatable bonds is 6. The fourth-order valence-electron chi connectivity index (χ4n) is 3.06. The number of esters is 1. The van der Waals surface area contributed by atoms with Gasteiger partial charge in [-0.3, -0.25) is 9.59 Å². The van der Waals surface area contributed by atoms with Crippen molar-refractivity contribution in [3.63, 3.8) is 0 Å². The summed E-state index contributed by atoms with van der Waals surface area (Å²) in [5.41, 5.74) is 1.62. The second kappa shape index (κ2) is 9.10. The monoisotopic (exact) mass is 403 g/mol. The highest BCUT2D eigenvalue weighted by molar-refractivity contribution is 6.03. The van der Waals surface area contributed by atoms with E-state index in [2.05, 4.69) is 10.1 Å². The number of ether oxygens (including phenoxy) is 2. The summed E-state index contributed by atoms with van der Waals surface area (Å²) < 4.78 is 11.6. The zero-order valence-electron chi connectivity index (χ0n) is 15.8. The summed E-state index contributed by atoms with van der Waals surface area (Å²) in [5.74, 6) is -0.729. The average Bonchev–Trinajstić information content (AvgIpc) is 3.03. The molecule has 3 rings (SSSR count). The van der Waals surface area contributed by atoms with Crippen molar-refractivity contribution in [3.05, 3.63) is 59.9 Å². The molecule has 1 aliphatic rings. The van der Waals surface area contributed by atoms with Crippen LogP contribution in [0.3, 0.4) is 0 Å². The number of carbonyl (C=O) groups excluding carboxylic acids is 2. The lowest BCUT2D eigenvalue weighted by Crippen LogP contribution is -2.46. The van der Waals surface area contributed by atoms with E-state index < -0.39 is 31.1 Å². The van der Waals surface area contributed by atoms with Crippen LogP contribution in [0.2, 0.25) is 0 Å². The van der Waals surface area contributed by atoms with E-state index in [1.807, 2.05) is 0 Å². The molecule has 9 nitrogen and oxygen atoms in total. The minimum absolute atomic E-state index is 0.147. The average molecular weight is 403 g/mol. The first kappa shape index (κ1) is 20.9. The van der Waals surface area contributed by atoms with E-state index in [0.717, 1.165) is 5.56 Å². The second-order valence-electron chi connectivity index (χ2n) is 6.67. The van der Waals surface area contributed by atoms with E-state index in [1.54, 1.807) is 42.6 Å². The van der Waals surface area contributed by atoms with Crippen LogP contribution in [0.5, 0.6) is 0 Å². The number of aliphatic hydroxyl groups excluding tert-OH is 3. The molecule has 154 valence electrons. The first-order valence-corrected chi connectivity index (χ1v) is 9.03. The summed E-state index contributed by atoms with van der Waals surface area (Å²) in [6, 6.07) is 10.0. The largest absolute Gasteiger partial charge is 0.469 e. The van der Waals surface area contributed by atoms with Crippen molar-refractivity contribution in [3.8, 4) is 0 Å². The topological polar surface area (TPSA) is 129 Å². The van der Waals surface area contributed by atoms with E-state index >= 15 is 0 Å². The molecule has 4 N–H and O–H groups in total. The SMILES string of the molecule is COC(=O)Cc1ccc(NC(=O)c2ccc[n+]([C@@H]3O[C@H](CO)[C@@H](O)[C@H]3O)c2)cc1. The molecule has 1 saturated heterocycles. The molecule has 0 radical (unpaired) electrons. The molecular weight excluding hydrogens is 380 g/mol. The number of carbonyl (C=O) groups is 2. The van der Waals surface area contributed by atoms with Crippen molar-refractivity contribution in [2.24, 2.45) is 0 Å². The third-order valence-electron chi connectivity index (χ3n) is 4.68. The lowest BCUT2D eigenvalue weighted by atomic mass is 10.1. The van der Waals surface area contributed by atoms with Crippen LogP contribution < -0.4 is 9.88 Å². The molecule has 9 heteroatoms. The number of pyridine rings is 1. The van der Waals surface area contributed by atoms with Gasteiger partial charge in [0.2, 0.25) is 0 Å². The minimum Gasteiger partial charge on any atom is -0.469 e. The standard InChI is InChI=1S/C20H22N2O7/c1-28-16(24)9-12-4-6-14(7-5-12)21-19(27)13-3-2-8-22(10-13)20-18(26)17(25)15(11-23)29-20/h2-8,10,15,17-18,20,23,25-26H,9,11H2,1H3/p+1/t15-,17-,18-,20-/m1/s1. The zero-order chi connectivity index (χ0) is 21.0. The Bertz CT molecular complexity index is 871. The molecule has 2 heterocycles. The molecule has 29 heavy (non-hydrogen) atoms. The zero-order valence-corrected chi connectivity index (χ0v) is 15.8. The van der Waals surface area contributed by atoms with Crippen LogP contribution in [0.1, 0.15) is 22.1 Å². The van der Waals surface area contributed by atoms with Crippen LogP contribution >= 0.6 is 0 Å². The molecule has 1 aromatic carbocycles. The molecule has 0 aliphatic carbocycles. The summed E-state index contributed by atoms with van der Waals surface area (Å²) in [5, 5.41) is 32.0. The van der Waals surface area contributed by atoms with Crippen LogP contribution in [0.15, 0.2) is 48.8 Å². The smallest absolute Gasteiger partial charge is 0.309 e. The number of aromatic nitrogens is 1. The fourth-order valence-corrected chi connectivity index (χ4v) is 3.06. The van der Waals surface area contributed by atoms with E-state index in [0.29, 0.717) is 11.3 Å². The van der Waals surface area contributed by atoms with Crippen LogP contribution in [-0.4, -0.2) is 59.2 Å². The molecule has 4 atom stereocenters.